The van der Waals surface area contributed by atoms with E-state index in [-0.39, 0.29) is 5.56 Å². The first kappa shape index (κ1) is 15.6. The average Bonchev–Trinajstić information content (AvgIpc) is 2.95. The predicted molar refractivity (Wildman–Crippen MR) is 102 cm³/mol. The van der Waals surface area contributed by atoms with Gasteiger partial charge in [-0.2, -0.15) is 5.10 Å². The van der Waals surface area contributed by atoms with Gasteiger partial charge in [-0.25, -0.2) is 9.67 Å². The molecule has 0 saturated carbocycles. The molecule has 6 heteroatoms. The maximum Gasteiger partial charge on any atom is 0.267 e. The molecule has 0 N–H and O–H groups in total. The molecule has 134 valence electrons. The van der Waals surface area contributed by atoms with Gasteiger partial charge in [-0.15, -0.1) is 0 Å². The summed E-state index contributed by atoms with van der Waals surface area (Å²) in [7, 11) is 2.06. The minimum absolute atomic E-state index is 0.0480. The lowest BCUT2D eigenvalue weighted by Crippen LogP contribution is -2.50. The van der Waals surface area contributed by atoms with Crippen molar-refractivity contribution < 1.29 is 0 Å². The summed E-state index contributed by atoms with van der Waals surface area (Å²) in [6.07, 6.45) is 4.37. The lowest BCUT2D eigenvalue weighted by Gasteiger charge is -2.39. The molecule has 0 radical (unpaired) electrons. The second-order valence-electron chi connectivity index (χ2n) is 7.57. The summed E-state index contributed by atoms with van der Waals surface area (Å²) in [5.41, 5.74) is 4.51. The van der Waals surface area contributed by atoms with Crippen LogP contribution in [-0.2, 0) is 26.4 Å². The highest BCUT2D eigenvalue weighted by Gasteiger charge is 2.31. The Kier molecular flexibility index (Phi) is 3.58. The molecule has 0 unspecified atom stereocenters. The van der Waals surface area contributed by atoms with Gasteiger partial charge in [0.25, 0.3) is 5.56 Å². The molecule has 0 amide bonds. The van der Waals surface area contributed by atoms with Gasteiger partial charge in [0.05, 0.1) is 23.3 Å². The smallest absolute Gasteiger partial charge is 0.267 e. The molecule has 1 aliphatic heterocycles. The van der Waals surface area contributed by atoms with Gasteiger partial charge in [-0.3, -0.25) is 4.79 Å². The second kappa shape index (κ2) is 5.97. The van der Waals surface area contributed by atoms with Crippen LogP contribution in [0.3, 0.4) is 0 Å². The number of aryl methyl sites for hydroxylation is 3. The SMILES string of the molecule is Cn1c(N2CC(Cn3nc4c(cc3=O)CCCC4)C2)nc2ccccc21. The van der Waals surface area contributed by atoms with Crippen molar-refractivity contribution in [2.45, 2.75) is 32.2 Å². The summed E-state index contributed by atoms with van der Waals surface area (Å²) in [6, 6.07) is 10.0. The molecule has 26 heavy (non-hydrogen) atoms. The largest absolute Gasteiger partial charge is 0.341 e. The van der Waals surface area contributed by atoms with Crippen molar-refractivity contribution in [1.29, 1.82) is 0 Å². The van der Waals surface area contributed by atoms with E-state index >= 15 is 0 Å². The van der Waals surface area contributed by atoms with Crippen molar-refractivity contribution in [2.75, 3.05) is 18.0 Å². The topological polar surface area (TPSA) is 56.0 Å². The zero-order valence-corrected chi connectivity index (χ0v) is 15.1. The fourth-order valence-electron chi connectivity index (χ4n) is 4.24. The van der Waals surface area contributed by atoms with Crippen LogP contribution in [0.4, 0.5) is 5.95 Å². The number of benzene rings is 1. The van der Waals surface area contributed by atoms with Crippen molar-refractivity contribution >= 4 is 17.0 Å². The predicted octanol–water partition coefficient (Wildman–Crippen LogP) is 2.15. The molecule has 0 bridgehead atoms. The molecule has 2 aromatic heterocycles. The fraction of sp³-hybridized carbons (Fsp3) is 0.450. The van der Waals surface area contributed by atoms with E-state index in [4.69, 9.17) is 4.98 Å². The standard InChI is InChI=1S/C20H23N5O/c1-23-18-9-5-4-8-17(18)21-20(23)24-11-14(12-24)13-25-19(26)10-15-6-2-3-7-16(15)22-25/h4-5,8-10,14H,2-3,6-7,11-13H2,1H3. The first-order valence-electron chi connectivity index (χ1n) is 9.45. The van der Waals surface area contributed by atoms with Crippen LogP contribution in [0.1, 0.15) is 24.1 Å². The van der Waals surface area contributed by atoms with E-state index in [1.54, 1.807) is 4.68 Å². The lowest BCUT2D eigenvalue weighted by molar-refractivity contribution is 0.326. The Balaban J connectivity index is 1.31. The van der Waals surface area contributed by atoms with Crippen LogP contribution in [0, 0.1) is 5.92 Å². The minimum atomic E-state index is 0.0480. The lowest BCUT2D eigenvalue weighted by atomic mass is 9.97. The zero-order valence-electron chi connectivity index (χ0n) is 15.1. The van der Waals surface area contributed by atoms with Gasteiger partial charge in [0.1, 0.15) is 0 Å². The van der Waals surface area contributed by atoms with Crippen LogP contribution in [0.2, 0.25) is 0 Å². The highest BCUT2D eigenvalue weighted by atomic mass is 16.1. The van der Waals surface area contributed by atoms with Crippen molar-refractivity contribution in [3.63, 3.8) is 0 Å². The zero-order chi connectivity index (χ0) is 17.7. The molecule has 0 spiro atoms. The van der Waals surface area contributed by atoms with Crippen molar-refractivity contribution in [1.82, 2.24) is 19.3 Å². The summed E-state index contributed by atoms with van der Waals surface area (Å²) in [4.78, 5) is 19.4. The maximum atomic E-state index is 12.4. The Bertz CT molecular complexity index is 1030. The summed E-state index contributed by atoms with van der Waals surface area (Å²) in [5, 5.41) is 4.65. The van der Waals surface area contributed by atoms with Crippen molar-refractivity contribution in [3.8, 4) is 0 Å². The Hall–Kier alpha value is -2.63. The number of para-hydroxylation sites is 2. The van der Waals surface area contributed by atoms with E-state index in [0.29, 0.717) is 12.5 Å². The van der Waals surface area contributed by atoms with Crippen LogP contribution in [0.5, 0.6) is 0 Å². The summed E-state index contributed by atoms with van der Waals surface area (Å²) >= 11 is 0. The molecule has 3 aromatic rings. The minimum Gasteiger partial charge on any atom is -0.341 e. The molecule has 0 atom stereocenters. The molecule has 1 saturated heterocycles. The number of anilines is 1. The van der Waals surface area contributed by atoms with E-state index in [1.165, 1.54) is 12.8 Å². The number of nitrogens with zero attached hydrogens (tertiary/aromatic N) is 5. The number of hydrogen-bond donors (Lipinski definition) is 0. The molecule has 1 fully saturated rings. The molecule has 1 aliphatic carbocycles. The summed E-state index contributed by atoms with van der Waals surface area (Å²) in [6.45, 7) is 2.54. The Labute approximate surface area is 152 Å². The first-order valence-corrected chi connectivity index (χ1v) is 9.45. The third-order valence-electron chi connectivity index (χ3n) is 5.71. The number of rotatable bonds is 3. The summed E-state index contributed by atoms with van der Waals surface area (Å²) in [5.74, 6) is 1.45. The second-order valence-corrected chi connectivity index (χ2v) is 7.57. The van der Waals surface area contributed by atoms with Crippen molar-refractivity contribution in [3.05, 3.63) is 51.9 Å². The average molecular weight is 349 g/mol. The maximum absolute atomic E-state index is 12.4. The quantitative estimate of drug-likeness (QED) is 0.727. The van der Waals surface area contributed by atoms with E-state index in [0.717, 1.165) is 54.2 Å². The van der Waals surface area contributed by atoms with Crippen LogP contribution >= 0.6 is 0 Å². The van der Waals surface area contributed by atoms with Gasteiger partial charge in [-0.1, -0.05) is 12.1 Å². The van der Waals surface area contributed by atoms with Crippen LogP contribution in [-0.4, -0.2) is 32.4 Å². The highest BCUT2D eigenvalue weighted by Crippen LogP contribution is 2.27. The molecule has 1 aromatic carbocycles. The molecule has 2 aliphatic rings. The van der Waals surface area contributed by atoms with Crippen LogP contribution in [0.25, 0.3) is 11.0 Å². The Morgan fingerprint density at radius 3 is 2.81 bits per heavy atom. The third kappa shape index (κ3) is 2.52. The van der Waals surface area contributed by atoms with E-state index in [2.05, 4.69) is 27.7 Å². The number of fused-ring (bicyclic) bond motifs is 2. The monoisotopic (exact) mass is 349 g/mol. The third-order valence-corrected chi connectivity index (χ3v) is 5.71. The van der Waals surface area contributed by atoms with E-state index in [1.807, 2.05) is 24.3 Å². The van der Waals surface area contributed by atoms with E-state index in [9.17, 15) is 4.79 Å². The fourth-order valence-corrected chi connectivity index (χ4v) is 4.24. The molecule has 3 heterocycles. The Morgan fingerprint density at radius 2 is 1.96 bits per heavy atom. The molecule has 5 rings (SSSR count). The molecule has 6 nitrogen and oxygen atoms in total. The van der Waals surface area contributed by atoms with Gasteiger partial charge < -0.3 is 9.47 Å². The normalized spacial score (nSPS) is 17.3. The van der Waals surface area contributed by atoms with Gasteiger partial charge in [0.15, 0.2) is 0 Å². The summed E-state index contributed by atoms with van der Waals surface area (Å²) < 4.78 is 3.83. The van der Waals surface area contributed by atoms with E-state index < -0.39 is 0 Å². The molecular formula is C20H23N5O. The van der Waals surface area contributed by atoms with Crippen molar-refractivity contribution in [2.24, 2.45) is 13.0 Å². The van der Waals surface area contributed by atoms with Crippen LogP contribution < -0.4 is 10.5 Å². The number of aromatic nitrogens is 4. The van der Waals surface area contributed by atoms with Gasteiger partial charge in [-0.05, 0) is 43.4 Å². The number of hydrogen-bond acceptors (Lipinski definition) is 4. The Morgan fingerprint density at radius 1 is 1.15 bits per heavy atom. The van der Waals surface area contributed by atoms with Gasteiger partial charge in [0.2, 0.25) is 5.95 Å². The highest BCUT2D eigenvalue weighted by molar-refractivity contribution is 5.78. The van der Waals surface area contributed by atoms with Crippen LogP contribution in [0.15, 0.2) is 35.1 Å². The van der Waals surface area contributed by atoms with Gasteiger partial charge in [0, 0.05) is 32.1 Å². The first-order chi connectivity index (χ1) is 12.7. The number of imidazole rings is 1. The molecular weight excluding hydrogens is 326 g/mol. The van der Waals surface area contributed by atoms with Gasteiger partial charge >= 0.3 is 0 Å².